The van der Waals surface area contributed by atoms with Crippen molar-refractivity contribution in [2.24, 2.45) is 0 Å². The zero-order chi connectivity index (χ0) is 13.3. The van der Waals surface area contributed by atoms with Crippen molar-refractivity contribution in [3.8, 4) is 11.3 Å². The van der Waals surface area contributed by atoms with Crippen molar-refractivity contribution in [3.63, 3.8) is 0 Å². The Bertz CT molecular complexity index is 733. The molecule has 18 heavy (non-hydrogen) atoms. The number of benzene rings is 1. The lowest BCUT2D eigenvalue weighted by atomic mass is 10.1. The second kappa shape index (κ2) is 4.53. The summed E-state index contributed by atoms with van der Waals surface area (Å²) >= 11 is 4.89. The second-order valence-corrected chi connectivity index (χ2v) is 4.12. The van der Waals surface area contributed by atoms with E-state index in [1.165, 1.54) is 12.1 Å². The minimum atomic E-state index is -0.486. The van der Waals surface area contributed by atoms with Crippen LogP contribution < -0.4 is 5.56 Å². The summed E-state index contributed by atoms with van der Waals surface area (Å²) in [4.78, 5) is 27.1. The molecular weight excluding hydrogens is 254 g/mol. The van der Waals surface area contributed by atoms with E-state index >= 15 is 0 Å². The molecule has 0 unspecified atom stereocenters. The smallest absolute Gasteiger partial charge is 0.270 e. The van der Waals surface area contributed by atoms with Crippen molar-refractivity contribution in [1.82, 2.24) is 9.97 Å². The summed E-state index contributed by atoms with van der Waals surface area (Å²) in [6.45, 7) is 1.62. The quantitative estimate of drug-likeness (QED) is 0.494. The molecule has 6 nitrogen and oxygen atoms in total. The molecule has 0 aliphatic rings. The van der Waals surface area contributed by atoms with Gasteiger partial charge in [-0.3, -0.25) is 19.9 Å². The zero-order valence-electron chi connectivity index (χ0n) is 9.39. The molecule has 0 radical (unpaired) electrons. The van der Waals surface area contributed by atoms with Crippen LogP contribution in [-0.4, -0.2) is 14.9 Å². The van der Waals surface area contributed by atoms with Crippen molar-refractivity contribution in [2.45, 2.75) is 6.92 Å². The number of aromatic amines is 2. The van der Waals surface area contributed by atoms with Crippen LogP contribution in [0.2, 0.25) is 0 Å². The SMILES string of the molecule is Cc1c(-c2cccc([N+](=O)[O-])c2)[nH]c(=S)[nH]c1=O. The number of hydrogen-bond donors (Lipinski definition) is 2. The Kier molecular flexibility index (Phi) is 3.07. The number of nitro benzene ring substituents is 1. The number of nitro groups is 1. The van der Waals surface area contributed by atoms with Crippen LogP contribution >= 0.6 is 12.2 Å². The molecule has 92 valence electrons. The predicted molar refractivity (Wildman–Crippen MR) is 69.1 cm³/mol. The molecular formula is C11H9N3O3S. The van der Waals surface area contributed by atoms with Gasteiger partial charge < -0.3 is 4.98 Å². The van der Waals surface area contributed by atoms with E-state index in [4.69, 9.17) is 12.2 Å². The van der Waals surface area contributed by atoms with Crippen LogP contribution in [-0.2, 0) is 0 Å². The van der Waals surface area contributed by atoms with E-state index in [9.17, 15) is 14.9 Å². The Balaban J connectivity index is 2.69. The average Bonchev–Trinajstić information content (AvgIpc) is 2.34. The van der Waals surface area contributed by atoms with Gasteiger partial charge in [0.15, 0.2) is 4.77 Å². The number of nitrogens with zero attached hydrogens (tertiary/aromatic N) is 1. The van der Waals surface area contributed by atoms with Gasteiger partial charge in [-0.15, -0.1) is 0 Å². The molecule has 1 aromatic carbocycles. The van der Waals surface area contributed by atoms with Gasteiger partial charge in [0, 0.05) is 23.3 Å². The molecule has 1 heterocycles. The largest absolute Gasteiger partial charge is 0.331 e. The van der Waals surface area contributed by atoms with E-state index in [1.807, 2.05) is 0 Å². The summed E-state index contributed by atoms with van der Waals surface area (Å²) in [6, 6.07) is 6.03. The molecule has 7 heteroatoms. The molecule has 2 rings (SSSR count). The highest BCUT2D eigenvalue weighted by Gasteiger charge is 2.10. The van der Waals surface area contributed by atoms with E-state index in [0.717, 1.165) is 0 Å². The van der Waals surface area contributed by atoms with Crippen molar-refractivity contribution < 1.29 is 4.92 Å². The molecule has 2 aromatic rings. The van der Waals surface area contributed by atoms with Crippen LogP contribution in [0.15, 0.2) is 29.1 Å². The van der Waals surface area contributed by atoms with E-state index in [1.54, 1.807) is 19.1 Å². The standard InChI is InChI=1S/C11H9N3O3S/c1-6-9(12-11(18)13-10(6)15)7-3-2-4-8(5-7)14(16)17/h2-5H,1H3,(H2,12,13,15,18). The maximum Gasteiger partial charge on any atom is 0.270 e. The van der Waals surface area contributed by atoms with E-state index in [2.05, 4.69) is 9.97 Å². The first-order valence-corrected chi connectivity index (χ1v) is 5.48. The van der Waals surface area contributed by atoms with E-state index < -0.39 is 4.92 Å². The minimum Gasteiger partial charge on any atom is -0.331 e. The fourth-order valence-electron chi connectivity index (χ4n) is 1.61. The van der Waals surface area contributed by atoms with E-state index in [-0.39, 0.29) is 16.0 Å². The minimum absolute atomic E-state index is 0.0356. The lowest BCUT2D eigenvalue weighted by Crippen LogP contribution is -2.12. The van der Waals surface area contributed by atoms with Crippen LogP contribution in [0.1, 0.15) is 5.56 Å². The summed E-state index contributed by atoms with van der Waals surface area (Å²) in [5.74, 6) is 0. The molecule has 0 bridgehead atoms. The third kappa shape index (κ3) is 2.21. The van der Waals surface area contributed by atoms with Gasteiger partial charge in [0.2, 0.25) is 0 Å². The molecule has 0 spiro atoms. The molecule has 1 aromatic heterocycles. The van der Waals surface area contributed by atoms with Crippen molar-refractivity contribution in [2.75, 3.05) is 0 Å². The molecule has 0 fully saturated rings. The van der Waals surface area contributed by atoms with Gasteiger partial charge in [0.25, 0.3) is 11.2 Å². The molecule has 0 atom stereocenters. The third-order valence-electron chi connectivity index (χ3n) is 2.53. The Morgan fingerprint density at radius 3 is 2.72 bits per heavy atom. The lowest BCUT2D eigenvalue weighted by Gasteiger charge is -2.05. The molecule has 0 amide bonds. The summed E-state index contributed by atoms with van der Waals surface area (Å²) in [5, 5.41) is 10.7. The first-order valence-electron chi connectivity index (χ1n) is 5.07. The lowest BCUT2D eigenvalue weighted by molar-refractivity contribution is -0.384. The third-order valence-corrected chi connectivity index (χ3v) is 2.73. The fourth-order valence-corrected chi connectivity index (χ4v) is 1.81. The molecule has 0 aliphatic heterocycles. The highest BCUT2D eigenvalue weighted by Crippen LogP contribution is 2.23. The maximum atomic E-state index is 11.6. The zero-order valence-corrected chi connectivity index (χ0v) is 10.2. The van der Waals surface area contributed by atoms with E-state index in [0.29, 0.717) is 16.8 Å². The first-order chi connectivity index (χ1) is 8.49. The summed E-state index contributed by atoms with van der Waals surface area (Å²) in [6.07, 6.45) is 0. The van der Waals surface area contributed by atoms with Crippen LogP contribution in [0.4, 0.5) is 5.69 Å². The predicted octanol–water partition coefficient (Wildman–Crippen LogP) is 2.32. The van der Waals surface area contributed by atoms with Crippen molar-refractivity contribution in [3.05, 3.63) is 55.1 Å². The Hall–Kier alpha value is -2.28. The first kappa shape index (κ1) is 12.2. The highest BCUT2D eigenvalue weighted by atomic mass is 32.1. The van der Waals surface area contributed by atoms with Crippen LogP contribution in [0.5, 0.6) is 0 Å². The Morgan fingerprint density at radius 2 is 2.06 bits per heavy atom. The number of H-pyrrole nitrogens is 2. The average molecular weight is 263 g/mol. The number of aromatic nitrogens is 2. The van der Waals surface area contributed by atoms with Crippen LogP contribution in [0.3, 0.4) is 0 Å². The number of rotatable bonds is 2. The van der Waals surface area contributed by atoms with Crippen LogP contribution in [0, 0.1) is 21.8 Å². The monoisotopic (exact) mass is 263 g/mol. The maximum absolute atomic E-state index is 11.6. The number of hydrogen-bond acceptors (Lipinski definition) is 4. The van der Waals surface area contributed by atoms with Gasteiger partial charge in [0.05, 0.1) is 10.6 Å². The summed E-state index contributed by atoms with van der Waals surface area (Å²) < 4.78 is 0.187. The fraction of sp³-hybridized carbons (Fsp3) is 0.0909. The Labute approximate surface area is 106 Å². The van der Waals surface area contributed by atoms with Crippen LogP contribution in [0.25, 0.3) is 11.3 Å². The van der Waals surface area contributed by atoms with Gasteiger partial charge in [-0.1, -0.05) is 12.1 Å². The molecule has 0 aliphatic carbocycles. The Morgan fingerprint density at radius 1 is 1.33 bits per heavy atom. The number of nitrogens with one attached hydrogen (secondary N) is 2. The summed E-state index contributed by atoms with van der Waals surface area (Å²) in [5.41, 5.74) is 1.14. The van der Waals surface area contributed by atoms with Gasteiger partial charge in [-0.25, -0.2) is 0 Å². The van der Waals surface area contributed by atoms with Gasteiger partial charge in [-0.2, -0.15) is 0 Å². The van der Waals surface area contributed by atoms with Crippen molar-refractivity contribution in [1.29, 1.82) is 0 Å². The summed E-state index contributed by atoms with van der Waals surface area (Å²) in [7, 11) is 0. The molecule has 2 N–H and O–H groups in total. The topological polar surface area (TPSA) is 91.8 Å². The van der Waals surface area contributed by atoms with Gasteiger partial charge >= 0.3 is 0 Å². The highest BCUT2D eigenvalue weighted by molar-refractivity contribution is 7.71. The van der Waals surface area contributed by atoms with Gasteiger partial charge in [0.1, 0.15) is 0 Å². The molecule has 0 saturated heterocycles. The normalized spacial score (nSPS) is 10.3. The van der Waals surface area contributed by atoms with Crippen molar-refractivity contribution >= 4 is 17.9 Å². The number of non-ortho nitro benzene ring substituents is 1. The second-order valence-electron chi connectivity index (χ2n) is 3.72. The molecule has 0 saturated carbocycles. The van der Waals surface area contributed by atoms with Gasteiger partial charge in [-0.05, 0) is 19.1 Å².